The fourth-order valence-corrected chi connectivity index (χ4v) is 3.92. The van der Waals surface area contributed by atoms with Gasteiger partial charge in [0, 0.05) is 22.9 Å². The molecule has 3 rings (SSSR count). The zero-order valence-corrected chi connectivity index (χ0v) is 15.4. The molecular weight excluding hydrogens is 362 g/mol. The van der Waals surface area contributed by atoms with Crippen LogP contribution < -0.4 is 14.9 Å². The standard InChI is InChI=1S/C17H18ClN3O3S/c1-11-14(18)4-3-5-15(11)20-17(22)19-13-7-6-12-8-9-21(16(12)10-13)25(2,23)24/h3-7,10H,8-9H2,1-2H3,(H2,19,20,22). The Kier molecular flexibility index (Phi) is 4.62. The minimum Gasteiger partial charge on any atom is -0.308 e. The highest BCUT2D eigenvalue weighted by Gasteiger charge is 2.26. The fraction of sp³-hybridized carbons (Fsp3) is 0.235. The van der Waals surface area contributed by atoms with Gasteiger partial charge in [-0.05, 0) is 48.7 Å². The van der Waals surface area contributed by atoms with E-state index >= 15 is 0 Å². The van der Waals surface area contributed by atoms with Gasteiger partial charge in [0.15, 0.2) is 0 Å². The summed E-state index contributed by atoms with van der Waals surface area (Å²) in [5.74, 6) is 0. The van der Waals surface area contributed by atoms with Gasteiger partial charge in [0.1, 0.15) is 0 Å². The Labute approximate surface area is 151 Å². The minimum atomic E-state index is -3.33. The maximum atomic E-state index is 12.2. The number of nitrogens with one attached hydrogen (secondary N) is 2. The van der Waals surface area contributed by atoms with Gasteiger partial charge < -0.3 is 10.6 Å². The normalized spacial score (nSPS) is 13.5. The fourth-order valence-electron chi connectivity index (χ4n) is 2.80. The van der Waals surface area contributed by atoms with Crippen LogP contribution >= 0.6 is 11.6 Å². The van der Waals surface area contributed by atoms with Crippen molar-refractivity contribution in [3.8, 4) is 0 Å². The van der Waals surface area contributed by atoms with Gasteiger partial charge >= 0.3 is 6.03 Å². The molecule has 1 aliphatic heterocycles. The van der Waals surface area contributed by atoms with Gasteiger partial charge in [-0.1, -0.05) is 23.7 Å². The summed E-state index contributed by atoms with van der Waals surface area (Å²) in [6.45, 7) is 2.24. The molecule has 2 amide bonds. The van der Waals surface area contributed by atoms with E-state index < -0.39 is 16.1 Å². The van der Waals surface area contributed by atoms with Gasteiger partial charge in [0.05, 0.1) is 11.9 Å². The number of carbonyl (C=O) groups excluding carboxylic acids is 1. The summed E-state index contributed by atoms with van der Waals surface area (Å²) in [6, 6.07) is 10.1. The minimum absolute atomic E-state index is 0.422. The SMILES string of the molecule is Cc1c(Cl)cccc1NC(=O)Nc1ccc2c(c1)N(S(C)(=O)=O)CC2. The molecule has 0 atom stereocenters. The van der Waals surface area contributed by atoms with Crippen molar-refractivity contribution in [3.05, 3.63) is 52.5 Å². The second-order valence-corrected chi connectivity index (χ2v) is 8.23. The van der Waals surface area contributed by atoms with E-state index in [9.17, 15) is 13.2 Å². The first kappa shape index (κ1) is 17.6. The molecule has 0 aromatic heterocycles. The first-order valence-corrected chi connectivity index (χ1v) is 9.92. The molecule has 132 valence electrons. The number of halogens is 1. The van der Waals surface area contributed by atoms with E-state index in [4.69, 9.17) is 11.6 Å². The highest BCUT2D eigenvalue weighted by Crippen LogP contribution is 2.32. The van der Waals surface area contributed by atoms with Crippen molar-refractivity contribution in [3.63, 3.8) is 0 Å². The number of hydrogen-bond donors (Lipinski definition) is 2. The number of anilines is 3. The molecule has 2 N–H and O–H groups in total. The predicted octanol–water partition coefficient (Wildman–Crippen LogP) is 3.61. The maximum Gasteiger partial charge on any atom is 0.323 e. The Morgan fingerprint density at radius 2 is 1.96 bits per heavy atom. The van der Waals surface area contributed by atoms with Crippen LogP contribution in [-0.2, 0) is 16.4 Å². The Morgan fingerprint density at radius 3 is 2.68 bits per heavy atom. The van der Waals surface area contributed by atoms with Gasteiger partial charge in [0.2, 0.25) is 10.0 Å². The number of sulfonamides is 1. The van der Waals surface area contributed by atoms with Crippen LogP contribution in [0.15, 0.2) is 36.4 Å². The van der Waals surface area contributed by atoms with Crippen molar-refractivity contribution >= 4 is 44.7 Å². The molecule has 8 heteroatoms. The van der Waals surface area contributed by atoms with E-state index in [1.807, 2.05) is 13.0 Å². The molecule has 0 fully saturated rings. The molecule has 0 radical (unpaired) electrons. The topological polar surface area (TPSA) is 78.5 Å². The third-order valence-corrected chi connectivity index (χ3v) is 5.70. The quantitative estimate of drug-likeness (QED) is 0.854. The summed E-state index contributed by atoms with van der Waals surface area (Å²) in [5.41, 5.74) is 3.47. The first-order valence-electron chi connectivity index (χ1n) is 7.69. The molecule has 0 aliphatic carbocycles. The molecule has 25 heavy (non-hydrogen) atoms. The summed E-state index contributed by atoms with van der Waals surface area (Å²) >= 11 is 6.05. The number of fused-ring (bicyclic) bond motifs is 1. The van der Waals surface area contributed by atoms with E-state index in [2.05, 4.69) is 10.6 Å². The van der Waals surface area contributed by atoms with Crippen molar-refractivity contribution in [2.24, 2.45) is 0 Å². The molecule has 1 heterocycles. The van der Waals surface area contributed by atoms with E-state index in [0.29, 0.717) is 35.1 Å². The Bertz CT molecular complexity index is 944. The number of urea groups is 1. The van der Waals surface area contributed by atoms with Crippen molar-refractivity contribution in [2.45, 2.75) is 13.3 Å². The summed E-state index contributed by atoms with van der Waals surface area (Å²) in [7, 11) is -3.33. The summed E-state index contributed by atoms with van der Waals surface area (Å²) in [5, 5.41) is 6.04. The Hall–Kier alpha value is -2.25. The smallest absolute Gasteiger partial charge is 0.308 e. The Balaban J connectivity index is 1.78. The van der Waals surface area contributed by atoms with E-state index in [1.165, 1.54) is 10.6 Å². The zero-order valence-electron chi connectivity index (χ0n) is 13.8. The molecule has 0 saturated heterocycles. The second kappa shape index (κ2) is 6.57. The van der Waals surface area contributed by atoms with Crippen LogP contribution in [0.1, 0.15) is 11.1 Å². The molecule has 2 aromatic rings. The van der Waals surface area contributed by atoms with Crippen LogP contribution in [0.4, 0.5) is 21.9 Å². The van der Waals surface area contributed by atoms with Gasteiger partial charge in [-0.15, -0.1) is 0 Å². The van der Waals surface area contributed by atoms with Crippen molar-refractivity contribution in [1.29, 1.82) is 0 Å². The maximum absolute atomic E-state index is 12.2. The highest BCUT2D eigenvalue weighted by molar-refractivity contribution is 7.92. The summed E-state index contributed by atoms with van der Waals surface area (Å²) in [4.78, 5) is 12.2. The molecule has 6 nitrogen and oxygen atoms in total. The summed E-state index contributed by atoms with van der Waals surface area (Å²) in [6.07, 6.45) is 1.84. The lowest BCUT2D eigenvalue weighted by molar-refractivity contribution is 0.262. The highest BCUT2D eigenvalue weighted by atomic mass is 35.5. The third-order valence-electron chi connectivity index (χ3n) is 4.11. The lowest BCUT2D eigenvalue weighted by Gasteiger charge is -2.17. The first-order chi connectivity index (χ1) is 11.8. The van der Waals surface area contributed by atoms with E-state index in [-0.39, 0.29) is 0 Å². The van der Waals surface area contributed by atoms with Gasteiger partial charge in [-0.2, -0.15) is 0 Å². The lowest BCUT2D eigenvalue weighted by Crippen LogP contribution is -2.27. The second-order valence-electron chi connectivity index (χ2n) is 5.92. The predicted molar refractivity (Wildman–Crippen MR) is 101 cm³/mol. The van der Waals surface area contributed by atoms with Crippen molar-refractivity contribution in [1.82, 2.24) is 0 Å². The van der Waals surface area contributed by atoms with Crippen LogP contribution in [0.3, 0.4) is 0 Å². The number of benzene rings is 2. The molecule has 2 aromatic carbocycles. The van der Waals surface area contributed by atoms with Crippen molar-refractivity contribution in [2.75, 3.05) is 27.7 Å². The molecule has 0 bridgehead atoms. The van der Waals surface area contributed by atoms with Gasteiger partial charge in [-0.3, -0.25) is 4.31 Å². The molecule has 1 aliphatic rings. The number of carbonyl (C=O) groups is 1. The van der Waals surface area contributed by atoms with Crippen LogP contribution in [0.2, 0.25) is 5.02 Å². The van der Waals surface area contributed by atoms with Crippen molar-refractivity contribution < 1.29 is 13.2 Å². The van der Waals surface area contributed by atoms with Gasteiger partial charge in [0.25, 0.3) is 0 Å². The monoisotopic (exact) mass is 379 g/mol. The van der Waals surface area contributed by atoms with Crippen LogP contribution in [-0.4, -0.2) is 27.2 Å². The molecule has 0 spiro atoms. The van der Waals surface area contributed by atoms with Crippen LogP contribution in [0, 0.1) is 6.92 Å². The van der Waals surface area contributed by atoms with Crippen LogP contribution in [0.25, 0.3) is 0 Å². The number of rotatable bonds is 3. The zero-order chi connectivity index (χ0) is 18.2. The summed E-state index contributed by atoms with van der Waals surface area (Å²) < 4.78 is 25.1. The average Bonchev–Trinajstić information content (AvgIpc) is 2.95. The van der Waals surface area contributed by atoms with E-state index in [1.54, 1.807) is 30.3 Å². The molecular formula is C17H18ClN3O3S. The molecule has 0 saturated carbocycles. The number of hydrogen-bond acceptors (Lipinski definition) is 3. The van der Waals surface area contributed by atoms with E-state index in [0.717, 1.165) is 11.1 Å². The van der Waals surface area contributed by atoms with Crippen LogP contribution in [0.5, 0.6) is 0 Å². The number of amides is 2. The molecule has 0 unspecified atom stereocenters. The van der Waals surface area contributed by atoms with Gasteiger partial charge in [-0.25, -0.2) is 13.2 Å². The largest absolute Gasteiger partial charge is 0.323 e. The average molecular weight is 380 g/mol. The third kappa shape index (κ3) is 3.72. The lowest BCUT2D eigenvalue weighted by atomic mass is 10.1. The Morgan fingerprint density at radius 1 is 1.20 bits per heavy atom. The number of nitrogens with zero attached hydrogens (tertiary/aromatic N) is 1.